The molecule has 0 heterocycles. The molecule has 1 fully saturated rings. The van der Waals surface area contributed by atoms with Gasteiger partial charge in [-0.3, -0.25) is 4.79 Å². The monoisotopic (exact) mass is 272 g/mol. The van der Waals surface area contributed by atoms with Crippen molar-refractivity contribution in [1.82, 2.24) is 4.90 Å². The number of carbonyl (C=O) groups excluding carboxylic acids is 1. The van der Waals surface area contributed by atoms with Crippen LogP contribution in [-0.4, -0.2) is 57.4 Å². The summed E-state index contributed by atoms with van der Waals surface area (Å²) >= 11 is 0. The summed E-state index contributed by atoms with van der Waals surface area (Å²) in [5.41, 5.74) is 5.97. The number of hydrogen-bond acceptors (Lipinski definition) is 4. The van der Waals surface area contributed by atoms with E-state index >= 15 is 0 Å². The molecule has 0 aromatic heterocycles. The molecule has 0 aromatic carbocycles. The Morgan fingerprint density at radius 1 is 1.21 bits per heavy atom. The molecule has 19 heavy (non-hydrogen) atoms. The molecular formula is C14H28N2O3. The third-order valence-electron chi connectivity index (χ3n) is 3.77. The van der Waals surface area contributed by atoms with Crippen molar-refractivity contribution in [1.29, 1.82) is 0 Å². The highest BCUT2D eigenvalue weighted by Gasteiger charge is 2.23. The summed E-state index contributed by atoms with van der Waals surface area (Å²) in [6.07, 6.45) is 4.97. The molecule has 2 N–H and O–H groups in total. The summed E-state index contributed by atoms with van der Waals surface area (Å²) in [6, 6.07) is 0.276. The van der Waals surface area contributed by atoms with E-state index in [9.17, 15) is 4.79 Å². The van der Waals surface area contributed by atoms with Gasteiger partial charge in [0.05, 0.1) is 13.2 Å². The predicted octanol–water partition coefficient (Wildman–Crippen LogP) is 1.02. The van der Waals surface area contributed by atoms with E-state index in [0.717, 1.165) is 25.7 Å². The van der Waals surface area contributed by atoms with Crippen molar-refractivity contribution in [3.8, 4) is 0 Å². The fraction of sp³-hybridized carbons (Fsp3) is 0.929. The number of nitrogens with zero attached hydrogens (tertiary/aromatic N) is 1. The quantitative estimate of drug-likeness (QED) is 0.716. The Labute approximate surface area is 116 Å². The van der Waals surface area contributed by atoms with Crippen LogP contribution in [0.3, 0.4) is 0 Å². The molecule has 0 aromatic rings. The molecule has 0 spiro atoms. The van der Waals surface area contributed by atoms with E-state index in [1.807, 2.05) is 4.90 Å². The van der Waals surface area contributed by atoms with Crippen molar-refractivity contribution in [3.05, 3.63) is 0 Å². The standard InChI is InChI=1S/C14H28N2O3/c1-18-8-6-16(7-9-19-2)14(17)11-12-4-3-5-13(15)10-12/h12-13H,3-11,15H2,1-2H3. The van der Waals surface area contributed by atoms with E-state index in [4.69, 9.17) is 15.2 Å². The van der Waals surface area contributed by atoms with Gasteiger partial charge in [0, 0.05) is 39.8 Å². The van der Waals surface area contributed by atoms with Crippen molar-refractivity contribution in [2.24, 2.45) is 11.7 Å². The molecule has 2 atom stereocenters. The van der Waals surface area contributed by atoms with Gasteiger partial charge < -0.3 is 20.1 Å². The highest BCUT2D eigenvalue weighted by atomic mass is 16.5. The van der Waals surface area contributed by atoms with Gasteiger partial charge in [0.1, 0.15) is 0 Å². The average molecular weight is 272 g/mol. The maximum atomic E-state index is 12.3. The van der Waals surface area contributed by atoms with Crippen molar-refractivity contribution < 1.29 is 14.3 Å². The van der Waals surface area contributed by atoms with E-state index in [-0.39, 0.29) is 11.9 Å². The second-order valence-electron chi connectivity index (χ2n) is 5.36. The third kappa shape index (κ3) is 6.36. The Kier molecular flexibility index (Phi) is 8.02. The van der Waals surface area contributed by atoms with Gasteiger partial charge in [-0.2, -0.15) is 0 Å². The fourth-order valence-electron chi connectivity index (χ4n) is 2.66. The van der Waals surface area contributed by atoms with E-state index in [1.165, 1.54) is 0 Å². The first-order valence-corrected chi connectivity index (χ1v) is 7.18. The van der Waals surface area contributed by atoms with Gasteiger partial charge >= 0.3 is 0 Å². The molecule has 5 nitrogen and oxygen atoms in total. The highest BCUT2D eigenvalue weighted by molar-refractivity contribution is 5.76. The Bertz CT molecular complexity index is 253. The second-order valence-corrected chi connectivity index (χ2v) is 5.36. The lowest BCUT2D eigenvalue weighted by molar-refractivity contribution is -0.133. The lowest BCUT2D eigenvalue weighted by Crippen LogP contribution is -2.38. The van der Waals surface area contributed by atoms with Gasteiger partial charge in [0.2, 0.25) is 5.91 Å². The normalized spacial score (nSPS) is 23.3. The van der Waals surface area contributed by atoms with Crippen LogP contribution in [0.2, 0.25) is 0 Å². The largest absolute Gasteiger partial charge is 0.383 e. The first kappa shape index (κ1) is 16.4. The molecule has 1 aliphatic carbocycles. The minimum Gasteiger partial charge on any atom is -0.383 e. The predicted molar refractivity (Wildman–Crippen MR) is 74.9 cm³/mol. The van der Waals surface area contributed by atoms with Gasteiger partial charge in [-0.1, -0.05) is 6.42 Å². The molecule has 0 saturated heterocycles. The zero-order chi connectivity index (χ0) is 14.1. The zero-order valence-electron chi connectivity index (χ0n) is 12.3. The molecule has 5 heteroatoms. The molecule has 112 valence electrons. The fourth-order valence-corrected chi connectivity index (χ4v) is 2.66. The van der Waals surface area contributed by atoms with Gasteiger partial charge in [-0.15, -0.1) is 0 Å². The van der Waals surface area contributed by atoms with E-state index in [2.05, 4.69) is 0 Å². The maximum Gasteiger partial charge on any atom is 0.223 e. The van der Waals surface area contributed by atoms with Crippen LogP contribution in [-0.2, 0) is 14.3 Å². The van der Waals surface area contributed by atoms with Gasteiger partial charge in [-0.25, -0.2) is 0 Å². The molecule has 1 saturated carbocycles. The zero-order valence-corrected chi connectivity index (χ0v) is 12.3. The summed E-state index contributed by atoms with van der Waals surface area (Å²) in [5, 5.41) is 0. The van der Waals surface area contributed by atoms with Gasteiger partial charge in [-0.05, 0) is 25.2 Å². The number of rotatable bonds is 8. The summed E-state index contributed by atoms with van der Waals surface area (Å²) < 4.78 is 10.1. The molecule has 1 aliphatic rings. The molecule has 0 bridgehead atoms. The molecule has 2 unspecified atom stereocenters. The number of ether oxygens (including phenoxy) is 2. The SMILES string of the molecule is COCCN(CCOC)C(=O)CC1CCCC(N)C1. The minimum atomic E-state index is 0.202. The van der Waals surface area contributed by atoms with Crippen LogP contribution in [0.4, 0.5) is 0 Å². The van der Waals surface area contributed by atoms with E-state index < -0.39 is 0 Å². The Morgan fingerprint density at radius 2 is 1.84 bits per heavy atom. The molecular weight excluding hydrogens is 244 g/mol. The van der Waals surface area contributed by atoms with Crippen LogP contribution in [0, 0.1) is 5.92 Å². The average Bonchev–Trinajstić information content (AvgIpc) is 2.38. The van der Waals surface area contributed by atoms with Crippen LogP contribution in [0.5, 0.6) is 0 Å². The maximum absolute atomic E-state index is 12.3. The Hall–Kier alpha value is -0.650. The number of methoxy groups -OCH3 is 2. The number of amides is 1. The Balaban J connectivity index is 2.40. The molecule has 0 radical (unpaired) electrons. The first-order chi connectivity index (χ1) is 9.17. The summed E-state index contributed by atoms with van der Waals surface area (Å²) in [4.78, 5) is 14.1. The first-order valence-electron chi connectivity index (χ1n) is 7.18. The lowest BCUT2D eigenvalue weighted by Gasteiger charge is -2.29. The molecule has 1 amide bonds. The number of carbonyl (C=O) groups is 1. The van der Waals surface area contributed by atoms with Gasteiger partial charge in [0.15, 0.2) is 0 Å². The Morgan fingerprint density at radius 3 is 2.37 bits per heavy atom. The van der Waals surface area contributed by atoms with Crippen LogP contribution in [0.25, 0.3) is 0 Å². The smallest absolute Gasteiger partial charge is 0.223 e. The van der Waals surface area contributed by atoms with Crippen molar-refractivity contribution in [2.75, 3.05) is 40.5 Å². The molecule has 0 aliphatic heterocycles. The van der Waals surface area contributed by atoms with Crippen LogP contribution in [0.1, 0.15) is 32.1 Å². The second kappa shape index (κ2) is 9.28. The third-order valence-corrected chi connectivity index (χ3v) is 3.77. The number of hydrogen-bond donors (Lipinski definition) is 1. The highest BCUT2D eigenvalue weighted by Crippen LogP contribution is 2.26. The molecule has 1 rings (SSSR count). The van der Waals surface area contributed by atoms with Crippen molar-refractivity contribution >= 4 is 5.91 Å². The summed E-state index contributed by atoms with van der Waals surface area (Å²) in [5.74, 6) is 0.650. The summed E-state index contributed by atoms with van der Waals surface area (Å²) in [7, 11) is 3.30. The topological polar surface area (TPSA) is 64.8 Å². The van der Waals surface area contributed by atoms with Gasteiger partial charge in [0.25, 0.3) is 0 Å². The summed E-state index contributed by atoms with van der Waals surface area (Å²) in [6.45, 7) is 2.41. The van der Waals surface area contributed by atoms with Crippen molar-refractivity contribution in [3.63, 3.8) is 0 Å². The van der Waals surface area contributed by atoms with Crippen LogP contribution in [0.15, 0.2) is 0 Å². The minimum absolute atomic E-state index is 0.202. The van der Waals surface area contributed by atoms with Crippen LogP contribution >= 0.6 is 0 Å². The number of nitrogens with two attached hydrogens (primary N) is 1. The van der Waals surface area contributed by atoms with Crippen molar-refractivity contribution in [2.45, 2.75) is 38.1 Å². The van der Waals surface area contributed by atoms with E-state index in [1.54, 1.807) is 14.2 Å². The van der Waals surface area contributed by atoms with Crippen LogP contribution < -0.4 is 5.73 Å². The lowest BCUT2D eigenvalue weighted by atomic mass is 9.84. The van der Waals surface area contributed by atoms with E-state index in [0.29, 0.717) is 38.6 Å².